The molecule has 2 aromatic rings. The van der Waals surface area contributed by atoms with Gasteiger partial charge in [0.1, 0.15) is 5.82 Å². The molecule has 30 heavy (non-hydrogen) atoms. The standard InChI is InChI=1S/C25H29FN2O2/c26-20-10-8-18(9-11-20)22(29)7-3-14-27-16-12-25(13-17-27)21-6-1-4-19-5-2-15-28(23(19)21)24(25)30/h1,4,6,8-11,22,29H,2-3,5,7,12-17H2. The van der Waals surface area contributed by atoms with Gasteiger partial charge >= 0.3 is 0 Å². The van der Waals surface area contributed by atoms with Crippen LogP contribution in [-0.4, -0.2) is 42.1 Å². The second-order valence-corrected chi connectivity index (χ2v) is 9.01. The molecule has 1 spiro atoms. The van der Waals surface area contributed by atoms with Gasteiger partial charge in [-0.05, 0) is 87.0 Å². The maximum absolute atomic E-state index is 13.4. The summed E-state index contributed by atoms with van der Waals surface area (Å²) >= 11 is 0. The van der Waals surface area contributed by atoms with Gasteiger partial charge in [-0.1, -0.05) is 30.3 Å². The van der Waals surface area contributed by atoms with Crippen molar-refractivity contribution in [1.82, 2.24) is 4.90 Å². The number of aliphatic hydroxyl groups excluding tert-OH is 1. The normalized spacial score (nSPS) is 21.1. The van der Waals surface area contributed by atoms with Crippen LogP contribution in [0.3, 0.4) is 0 Å². The minimum absolute atomic E-state index is 0.280. The van der Waals surface area contributed by atoms with Crippen LogP contribution in [0, 0.1) is 5.82 Å². The van der Waals surface area contributed by atoms with Crippen molar-refractivity contribution in [2.24, 2.45) is 0 Å². The molecular weight excluding hydrogens is 379 g/mol. The highest BCUT2D eigenvalue weighted by atomic mass is 19.1. The number of anilines is 1. The van der Waals surface area contributed by atoms with Gasteiger partial charge in [0.25, 0.3) is 0 Å². The number of piperidine rings is 1. The van der Waals surface area contributed by atoms with Gasteiger partial charge in [0.15, 0.2) is 0 Å². The van der Waals surface area contributed by atoms with Crippen LogP contribution in [0.4, 0.5) is 10.1 Å². The number of carbonyl (C=O) groups is 1. The fraction of sp³-hybridized carbons (Fsp3) is 0.480. The van der Waals surface area contributed by atoms with Crippen molar-refractivity contribution in [3.05, 3.63) is 65.0 Å². The summed E-state index contributed by atoms with van der Waals surface area (Å²) in [6.07, 6.45) is 4.86. The fourth-order valence-corrected chi connectivity index (χ4v) is 5.62. The fourth-order valence-electron chi connectivity index (χ4n) is 5.62. The summed E-state index contributed by atoms with van der Waals surface area (Å²) < 4.78 is 13.0. The molecule has 1 atom stereocenters. The SMILES string of the molecule is O=C1N2CCCc3cccc(c32)C12CCN(CCCC(O)c1ccc(F)cc1)CC2. The summed E-state index contributed by atoms with van der Waals surface area (Å²) in [5.74, 6) is 0.0355. The number of rotatable bonds is 5. The first-order chi connectivity index (χ1) is 14.6. The number of aliphatic hydroxyl groups is 1. The monoisotopic (exact) mass is 408 g/mol. The zero-order valence-corrected chi connectivity index (χ0v) is 17.3. The maximum atomic E-state index is 13.4. The van der Waals surface area contributed by atoms with Crippen molar-refractivity contribution < 1.29 is 14.3 Å². The molecule has 5 rings (SSSR count). The molecule has 1 N–H and O–H groups in total. The number of fused-ring (bicyclic) bond motifs is 1. The van der Waals surface area contributed by atoms with E-state index >= 15 is 0 Å². The maximum Gasteiger partial charge on any atom is 0.237 e. The lowest BCUT2D eigenvalue weighted by Crippen LogP contribution is -2.49. The molecule has 0 saturated carbocycles. The van der Waals surface area contributed by atoms with E-state index in [1.165, 1.54) is 28.9 Å². The number of para-hydroxylation sites is 1. The number of benzene rings is 2. The van der Waals surface area contributed by atoms with Crippen molar-refractivity contribution in [2.75, 3.05) is 31.1 Å². The lowest BCUT2D eigenvalue weighted by molar-refractivity contribution is -0.125. The molecule has 0 radical (unpaired) electrons. The summed E-state index contributed by atoms with van der Waals surface area (Å²) in [5, 5.41) is 10.3. The first-order valence-corrected chi connectivity index (χ1v) is 11.2. The quantitative estimate of drug-likeness (QED) is 0.814. The molecule has 4 nitrogen and oxygen atoms in total. The van der Waals surface area contributed by atoms with Crippen LogP contribution < -0.4 is 4.90 Å². The van der Waals surface area contributed by atoms with Gasteiger partial charge in [0, 0.05) is 6.54 Å². The van der Waals surface area contributed by atoms with Gasteiger partial charge in [-0.15, -0.1) is 0 Å². The number of hydrogen-bond acceptors (Lipinski definition) is 3. The summed E-state index contributed by atoms with van der Waals surface area (Å²) in [5.41, 5.74) is 4.24. The average molecular weight is 409 g/mol. The van der Waals surface area contributed by atoms with Crippen LogP contribution in [0.1, 0.15) is 54.9 Å². The van der Waals surface area contributed by atoms with Gasteiger partial charge in [-0.2, -0.15) is 0 Å². The van der Waals surface area contributed by atoms with E-state index in [2.05, 4.69) is 28.0 Å². The van der Waals surface area contributed by atoms with E-state index in [1.807, 2.05) is 0 Å². The highest BCUT2D eigenvalue weighted by Crippen LogP contribution is 2.50. The molecule has 0 aliphatic carbocycles. The lowest BCUT2D eigenvalue weighted by atomic mass is 9.73. The molecule has 158 valence electrons. The zero-order valence-electron chi connectivity index (χ0n) is 17.3. The van der Waals surface area contributed by atoms with E-state index in [1.54, 1.807) is 12.1 Å². The molecule has 1 amide bonds. The number of carbonyl (C=O) groups excluding carboxylic acids is 1. The van der Waals surface area contributed by atoms with Crippen LogP contribution in [0.15, 0.2) is 42.5 Å². The zero-order chi connectivity index (χ0) is 20.7. The third-order valence-electron chi connectivity index (χ3n) is 7.30. The van der Waals surface area contributed by atoms with E-state index in [0.29, 0.717) is 12.3 Å². The van der Waals surface area contributed by atoms with E-state index < -0.39 is 6.10 Å². The molecule has 3 aliphatic heterocycles. The second-order valence-electron chi connectivity index (χ2n) is 9.01. The van der Waals surface area contributed by atoms with Gasteiger partial charge < -0.3 is 14.9 Å². The summed E-state index contributed by atoms with van der Waals surface area (Å²) in [4.78, 5) is 17.9. The first-order valence-electron chi connectivity index (χ1n) is 11.2. The molecule has 5 heteroatoms. The Bertz CT molecular complexity index is 935. The Morgan fingerprint density at radius 2 is 1.83 bits per heavy atom. The Hall–Kier alpha value is -2.24. The minimum Gasteiger partial charge on any atom is -0.388 e. The van der Waals surface area contributed by atoms with E-state index in [4.69, 9.17) is 0 Å². The Labute approximate surface area is 177 Å². The Kier molecular flexibility index (Phi) is 5.11. The topological polar surface area (TPSA) is 43.8 Å². The van der Waals surface area contributed by atoms with Crippen molar-refractivity contribution in [3.63, 3.8) is 0 Å². The highest BCUT2D eigenvalue weighted by Gasteiger charge is 2.52. The lowest BCUT2D eigenvalue weighted by Gasteiger charge is -2.38. The summed E-state index contributed by atoms with van der Waals surface area (Å²) in [6, 6.07) is 12.6. The molecule has 3 aliphatic rings. The third-order valence-corrected chi connectivity index (χ3v) is 7.30. The molecular formula is C25H29FN2O2. The molecule has 0 bridgehead atoms. The van der Waals surface area contributed by atoms with Gasteiger partial charge in [0.2, 0.25) is 5.91 Å². The molecule has 1 saturated heterocycles. The van der Waals surface area contributed by atoms with Crippen LogP contribution >= 0.6 is 0 Å². The van der Waals surface area contributed by atoms with Crippen molar-refractivity contribution >= 4 is 11.6 Å². The van der Waals surface area contributed by atoms with E-state index in [-0.39, 0.29) is 11.2 Å². The third kappa shape index (κ3) is 3.25. The number of likely N-dealkylation sites (tertiary alicyclic amines) is 1. The van der Waals surface area contributed by atoms with Crippen LogP contribution in [0.5, 0.6) is 0 Å². The smallest absolute Gasteiger partial charge is 0.237 e. The number of amides is 1. The van der Waals surface area contributed by atoms with Gasteiger partial charge in [0.05, 0.1) is 17.2 Å². The van der Waals surface area contributed by atoms with Gasteiger partial charge in [-0.3, -0.25) is 4.79 Å². The van der Waals surface area contributed by atoms with Crippen molar-refractivity contribution in [3.8, 4) is 0 Å². The van der Waals surface area contributed by atoms with E-state index in [9.17, 15) is 14.3 Å². The molecule has 3 heterocycles. The minimum atomic E-state index is -0.557. The molecule has 2 aromatic carbocycles. The average Bonchev–Trinajstić information content (AvgIpc) is 3.00. The van der Waals surface area contributed by atoms with Crippen molar-refractivity contribution in [1.29, 1.82) is 0 Å². The molecule has 0 aromatic heterocycles. The van der Waals surface area contributed by atoms with Gasteiger partial charge in [-0.25, -0.2) is 4.39 Å². The van der Waals surface area contributed by atoms with E-state index in [0.717, 1.165) is 63.8 Å². The summed E-state index contributed by atoms with van der Waals surface area (Å²) in [7, 11) is 0. The largest absolute Gasteiger partial charge is 0.388 e. The second kappa shape index (κ2) is 7.78. The number of hydrogen-bond donors (Lipinski definition) is 1. The van der Waals surface area contributed by atoms with Crippen LogP contribution in [0.25, 0.3) is 0 Å². The van der Waals surface area contributed by atoms with Crippen molar-refractivity contribution in [2.45, 2.75) is 50.0 Å². The molecule has 1 unspecified atom stereocenters. The number of nitrogens with zero attached hydrogens (tertiary/aromatic N) is 2. The Morgan fingerprint density at radius 3 is 2.60 bits per heavy atom. The summed E-state index contributed by atoms with van der Waals surface area (Å²) in [6.45, 7) is 3.60. The van der Waals surface area contributed by atoms with Crippen LogP contribution in [0.2, 0.25) is 0 Å². The Balaban J connectivity index is 1.20. The number of aryl methyl sites for hydroxylation is 1. The number of halogens is 1. The van der Waals surface area contributed by atoms with Crippen LogP contribution in [-0.2, 0) is 16.6 Å². The highest BCUT2D eigenvalue weighted by molar-refractivity contribution is 6.09. The first kappa shape index (κ1) is 19.7. The predicted octanol–water partition coefficient (Wildman–Crippen LogP) is 3.97. The molecule has 1 fully saturated rings. The predicted molar refractivity (Wildman–Crippen MR) is 115 cm³/mol. The Morgan fingerprint density at radius 1 is 1.07 bits per heavy atom.